The van der Waals surface area contributed by atoms with Crippen molar-refractivity contribution in [2.24, 2.45) is 0 Å². The van der Waals surface area contributed by atoms with Crippen LogP contribution in [-0.4, -0.2) is 34.1 Å². The molecule has 0 aromatic carbocycles. The third kappa shape index (κ3) is 12.2. The molecule has 0 radical (unpaired) electrons. The summed E-state index contributed by atoms with van der Waals surface area (Å²) in [6.07, 6.45) is 0. The van der Waals surface area contributed by atoms with Gasteiger partial charge in [0.15, 0.2) is 0 Å². The number of halogens is 2. The van der Waals surface area contributed by atoms with Crippen LogP contribution < -0.4 is 0 Å². The minimum Gasteiger partial charge on any atom is -0.302 e. The van der Waals surface area contributed by atoms with Crippen LogP contribution in [0.3, 0.4) is 0 Å². The van der Waals surface area contributed by atoms with Crippen LogP contribution in [0.5, 0.6) is 0 Å². The zero-order valence-corrected chi connectivity index (χ0v) is 14.1. The monoisotopic (exact) mass is 436 g/mol. The predicted molar refractivity (Wildman–Crippen MR) is 62.5 cm³/mol. The van der Waals surface area contributed by atoms with E-state index in [0.717, 1.165) is 0 Å². The van der Waals surface area contributed by atoms with Crippen LogP contribution in [0.25, 0.3) is 0 Å². The average Bonchev–Trinajstić information content (AvgIpc) is 1.83. The van der Waals surface area contributed by atoms with Gasteiger partial charge in [-0.1, -0.05) is 0 Å². The summed E-state index contributed by atoms with van der Waals surface area (Å²) in [4.78, 5) is 50.7. The number of phosphoric acid groups is 4. The molecule has 21 heavy (non-hydrogen) atoms. The van der Waals surface area contributed by atoms with E-state index < -0.39 is 36.0 Å². The smallest absolute Gasteiger partial charge is 0.302 e. The zero-order valence-electron chi connectivity index (χ0n) is 8.99. The molecule has 14 nitrogen and oxygen atoms in total. The van der Waals surface area contributed by atoms with Gasteiger partial charge in [-0.05, 0) is 23.2 Å². The molecule has 2 unspecified atom stereocenters. The Balaban J connectivity index is 5.00. The molecule has 2 atom stereocenters. The van der Waals surface area contributed by atoms with Gasteiger partial charge >= 0.3 is 36.0 Å². The molecule has 0 rings (SSSR count). The Morgan fingerprint density at radius 3 is 1.10 bits per heavy atom. The van der Waals surface area contributed by atoms with Gasteiger partial charge < -0.3 is 29.4 Å². The van der Waals surface area contributed by atoms with E-state index in [-0.39, 0.29) is 0 Å². The quantitative estimate of drug-likeness (QED) is 0.173. The second-order valence-electron chi connectivity index (χ2n) is 2.73. The van der Waals surface area contributed by atoms with E-state index in [2.05, 4.69) is 17.7 Å². The highest BCUT2D eigenvalue weighted by molar-refractivity contribution is 7.61. The van der Waals surface area contributed by atoms with Gasteiger partial charge in [-0.15, -0.1) is 0 Å². The van der Waals surface area contributed by atoms with Crippen molar-refractivity contribution in [3.05, 3.63) is 0 Å². The van der Waals surface area contributed by atoms with Gasteiger partial charge in [-0.3, -0.25) is 0 Å². The second kappa shape index (κ2) is 6.92. The van der Waals surface area contributed by atoms with Gasteiger partial charge in [0.1, 0.15) is 0 Å². The molecule has 0 aromatic rings. The Bertz CT molecular complexity index is 505. The molecule has 0 aliphatic carbocycles. The SMILES string of the molecule is O=P(O)(O)OP(=O)(O)OC(Cl)(Cl)OP(=O)(O)OP(=O)(O)O. The van der Waals surface area contributed by atoms with Crippen molar-refractivity contribution in [1.82, 2.24) is 0 Å². The zero-order chi connectivity index (χ0) is 17.3. The summed E-state index contributed by atoms with van der Waals surface area (Å²) >= 11 is 9.91. The van der Waals surface area contributed by atoms with Gasteiger partial charge in [0.05, 0.1) is 0 Å². The van der Waals surface area contributed by atoms with Crippen LogP contribution in [0.2, 0.25) is 0 Å². The lowest BCUT2D eigenvalue weighted by molar-refractivity contribution is -0.00694. The molecule has 0 aliphatic heterocycles. The van der Waals surface area contributed by atoms with E-state index in [1.165, 1.54) is 0 Å². The van der Waals surface area contributed by atoms with E-state index in [0.29, 0.717) is 0 Å². The van der Waals surface area contributed by atoms with E-state index in [1.54, 1.807) is 0 Å². The molecule has 0 saturated heterocycles. The molecule has 0 heterocycles. The Morgan fingerprint density at radius 2 is 0.905 bits per heavy atom. The summed E-state index contributed by atoms with van der Waals surface area (Å²) in [6, 6.07) is 0. The van der Waals surface area contributed by atoms with Gasteiger partial charge in [-0.2, -0.15) is 8.62 Å². The summed E-state index contributed by atoms with van der Waals surface area (Å²) < 4.78 is 52.7. The standard InChI is InChI=1S/CH6Cl2O14P4/c2-1(3,14-20(10,11)16-18(4,5)6)15-21(12,13)17-19(7,8)9/h(H,10,11)(H,12,13)(H2,4,5,6)(H2,7,8,9). The van der Waals surface area contributed by atoms with Crippen molar-refractivity contribution in [2.45, 2.75) is 4.71 Å². The fourth-order valence-electron chi connectivity index (χ4n) is 0.587. The normalized spacial score (nSPS) is 19.8. The first-order valence-corrected chi connectivity index (χ1v) is 10.6. The Morgan fingerprint density at radius 1 is 0.667 bits per heavy atom. The van der Waals surface area contributed by atoms with Crippen LogP contribution in [-0.2, 0) is 35.9 Å². The highest BCUT2D eigenvalue weighted by Gasteiger charge is 2.48. The van der Waals surface area contributed by atoms with Crippen LogP contribution in [0.4, 0.5) is 0 Å². The molecule has 0 fully saturated rings. The highest BCUT2D eigenvalue weighted by atomic mass is 35.5. The third-order valence-electron chi connectivity index (χ3n) is 0.862. The fourth-order valence-corrected chi connectivity index (χ4v) is 4.72. The Hall–Kier alpha value is 1.10. The van der Waals surface area contributed by atoms with Crippen molar-refractivity contribution in [2.75, 3.05) is 0 Å². The van der Waals surface area contributed by atoms with E-state index in [1.807, 2.05) is 0 Å². The predicted octanol–water partition coefficient (Wildman–Crippen LogP) is 0.528. The second-order valence-corrected chi connectivity index (χ2v) is 9.42. The lowest BCUT2D eigenvalue weighted by Gasteiger charge is -2.23. The third-order valence-corrected chi connectivity index (χ3v) is 5.93. The van der Waals surface area contributed by atoms with Crippen LogP contribution in [0.15, 0.2) is 0 Å². The Labute approximate surface area is 125 Å². The lowest BCUT2D eigenvalue weighted by atomic mass is 11.5. The van der Waals surface area contributed by atoms with Crippen molar-refractivity contribution >= 4 is 54.5 Å². The summed E-state index contributed by atoms with van der Waals surface area (Å²) in [5.41, 5.74) is 0. The topological polar surface area (TPSA) is 227 Å². The summed E-state index contributed by atoms with van der Waals surface area (Å²) in [5, 5.41) is 0. The molecule has 0 bridgehead atoms. The summed E-state index contributed by atoms with van der Waals surface area (Å²) in [5.74, 6) is 0. The van der Waals surface area contributed by atoms with E-state index >= 15 is 0 Å². The molecule has 0 spiro atoms. The lowest BCUT2D eigenvalue weighted by Crippen LogP contribution is -2.20. The van der Waals surface area contributed by atoms with Gasteiger partial charge in [0, 0.05) is 0 Å². The molecule has 0 aliphatic rings. The van der Waals surface area contributed by atoms with Crippen molar-refractivity contribution in [3.63, 3.8) is 0 Å². The van der Waals surface area contributed by atoms with Crippen LogP contribution >= 0.6 is 54.5 Å². The molecule has 0 amide bonds. The van der Waals surface area contributed by atoms with Gasteiger partial charge in [0.2, 0.25) is 0 Å². The molecule has 128 valence electrons. The molecule has 20 heteroatoms. The first-order chi connectivity index (χ1) is 8.83. The maximum absolute atomic E-state index is 11.0. The molecular formula is CH6Cl2O14P4. The fraction of sp³-hybridized carbons (Fsp3) is 1.00. The first kappa shape index (κ1) is 22.1. The van der Waals surface area contributed by atoms with Crippen LogP contribution in [0.1, 0.15) is 0 Å². The number of rotatable bonds is 8. The number of phosphoric ester groups is 2. The minimum atomic E-state index is -5.71. The maximum atomic E-state index is 11.0. The summed E-state index contributed by atoms with van der Waals surface area (Å²) in [6.45, 7) is 0. The number of hydrogen-bond acceptors (Lipinski definition) is 8. The molecule has 6 N–H and O–H groups in total. The highest BCUT2D eigenvalue weighted by Crippen LogP contribution is 2.65. The van der Waals surface area contributed by atoms with Crippen LogP contribution in [0, 0.1) is 0 Å². The molecule has 0 saturated carbocycles. The van der Waals surface area contributed by atoms with Crippen molar-refractivity contribution in [1.29, 1.82) is 0 Å². The molecule has 0 aromatic heterocycles. The largest absolute Gasteiger partial charge is 0.485 e. The number of hydrogen-bond donors (Lipinski definition) is 6. The number of alkyl halides is 2. The first-order valence-electron chi connectivity index (χ1n) is 3.81. The average molecular weight is 437 g/mol. The minimum absolute atomic E-state index is 3.22. The van der Waals surface area contributed by atoms with Crippen molar-refractivity contribution in [3.8, 4) is 0 Å². The maximum Gasteiger partial charge on any atom is 0.485 e. The van der Waals surface area contributed by atoms with E-state index in [4.69, 9.17) is 52.6 Å². The van der Waals surface area contributed by atoms with Gasteiger partial charge in [0.25, 0.3) is 0 Å². The summed E-state index contributed by atoms with van der Waals surface area (Å²) in [7, 11) is -22.5. The molecular weight excluding hydrogens is 431 g/mol. The van der Waals surface area contributed by atoms with Gasteiger partial charge in [-0.25, -0.2) is 27.3 Å². The Kier molecular flexibility index (Phi) is 7.28. The van der Waals surface area contributed by atoms with Crippen molar-refractivity contribution < 1.29 is 65.3 Å². The van der Waals surface area contributed by atoms with E-state index in [9.17, 15) is 18.3 Å².